The number of pyridine rings is 2. The molecule has 2 aromatic heterocycles. The number of aromatic nitrogens is 2. The number of hydrogen-bond acceptors (Lipinski definition) is 4. The molecule has 1 aliphatic heterocycles. The molecule has 162 valence electrons. The van der Waals surface area contributed by atoms with E-state index in [9.17, 15) is 8.42 Å². The van der Waals surface area contributed by atoms with Crippen molar-refractivity contribution in [2.75, 3.05) is 0 Å². The first-order chi connectivity index (χ1) is 13.0. The van der Waals surface area contributed by atoms with Crippen molar-refractivity contribution in [3.05, 3.63) is 104 Å². The fourth-order valence-corrected chi connectivity index (χ4v) is 4.60. The molecule has 1 aliphatic rings. The number of sulfonamides is 1. The molecular weight excluding hydrogens is 441 g/mol. The molecule has 0 saturated heterocycles. The van der Waals surface area contributed by atoms with Gasteiger partial charge in [0.2, 0.25) is 10.0 Å². The van der Waals surface area contributed by atoms with Gasteiger partial charge in [0, 0.05) is 11.4 Å². The number of benzene rings is 1. The van der Waals surface area contributed by atoms with Crippen LogP contribution in [0.1, 0.15) is 28.3 Å². The van der Waals surface area contributed by atoms with Crippen molar-refractivity contribution in [2.24, 2.45) is 0 Å². The van der Waals surface area contributed by atoms with Crippen LogP contribution in [0.4, 0.5) is 0 Å². The molecule has 0 spiro atoms. The Hall–Kier alpha value is -2.08. The zero-order valence-corrected chi connectivity index (χ0v) is 19.3. The maximum atomic E-state index is 13.3. The van der Waals surface area contributed by atoms with Gasteiger partial charge in [-0.25, -0.2) is 8.42 Å². The normalized spacial score (nSPS) is 13.6. The Morgan fingerprint density at radius 2 is 1.17 bits per heavy atom. The summed E-state index contributed by atoms with van der Waals surface area (Å²) in [5.41, 5.74) is 4.43. The number of rotatable bonds is 2. The Kier molecular flexibility index (Phi) is 9.35. The summed E-state index contributed by atoms with van der Waals surface area (Å²) in [5.74, 6) is 0. The molecule has 0 fully saturated rings. The monoisotopic (exact) mass is 467 g/mol. The predicted octanol–water partition coefficient (Wildman–Crippen LogP) is 4.17. The van der Waals surface area contributed by atoms with Crippen molar-refractivity contribution in [2.45, 2.75) is 37.8 Å². The molecule has 0 N–H and O–H groups in total. The Bertz CT molecular complexity index is 1020. The van der Waals surface area contributed by atoms with Gasteiger partial charge in [0.25, 0.3) is 0 Å². The van der Waals surface area contributed by atoms with Crippen molar-refractivity contribution in [1.29, 1.82) is 0 Å². The fourth-order valence-electron chi connectivity index (χ4n) is 3.22. The van der Waals surface area contributed by atoms with Gasteiger partial charge in [-0.2, -0.15) is 4.31 Å². The number of aryl methyl sites for hydroxylation is 3. The van der Waals surface area contributed by atoms with Crippen molar-refractivity contribution in [3.8, 4) is 0 Å². The topological polar surface area (TPSA) is 63.2 Å². The smallest absolute Gasteiger partial charge is 0.358 e. The van der Waals surface area contributed by atoms with Crippen LogP contribution < -0.4 is 0 Å². The van der Waals surface area contributed by atoms with Crippen LogP contribution in [0.25, 0.3) is 0 Å². The van der Waals surface area contributed by atoms with Gasteiger partial charge in [-0.3, -0.25) is 9.97 Å². The fraction of sp³-hybridized carbons (Fsp3) is 0.217. The van der Waals surface area contributed by atoms with E-state index in [0.29, 0.717) is 0 Å². The maximum absolute atomic E-state index is 13.3. The van der Waals surface area contributed by atoms with Gasteiger partial charge in [0.1, 0.15) is 0 Å². The Morgan fingerprint density at radius 3 is 1.63 bits per heavy atom. The van der Waals surface area contributed by atoms with E-state index in [-0.39, 0.29) is 49.3 Å². The van der Waals surface area contributed by atoms with E-state index < -0.39 is 10.0 Å². The van der Waals surface area contributed by atoms with E-state index in [1.54, 1.807) is 12.1 Å². The molecule has 5 nitrogen and oxygen atoms in total. The largest absolute Gasteiger partial charge is 2.00 e. The third kappa shape index (κ3) is 5.75. The van der Waals surface area contributed by atoms with Crippen molar-refractivity contribution in [3.63, 3.8) is 0 Å². The molecule has 4 rings (SSSR count). The van der Waals surface area contributed by atoms with Crippen LogP contribution in [0.15, 0.2) is 65.6 Å². The summed E-state index contributed by atoms with van der Waals surface area (Å²) in [7, 11) is -3.67. The van der Waals surface area contributed by atoms with E-state index >= 15 is 0 Å². The van der Waals surface area contributed by atoms with Gasteiger partial charge < -0.3 is 14.9 Å². The van der Waals surface area contributed by atoms with Crippen molar-refractivity contribution >= 4 is 10.0 Å². The summed E-state index contributed by atoms with van der Waals surface area (Å²) in [6, 6.07) is 18.5. The summed E-state index contributed by atoms with van der Waals surface area (Å²) in [4.78, 5) is 9.60. The van der Waals surface area contributed by atoms with Gasteiger partial charge in [-0.15, -0.1) is 0 Å². The minimum absolute atomic E-state index is 0. The second kappa shape index (κ2) is 10.8. The number of hydrogen-bond donors (Lipinski definition) is 0. The zero-order valence-electron chi connectivity index (χ0n) is 17.5. The molecule has 7 heteroatoms. The zero-order chi connectivity index (χ0) is 18.9. The van der Waals surface area contributed by atoms with Crippen LogP contribution in [0.2, 0.25) is 0 Å². The summed E-state index contributed by atoms with van der Waals surface area (Å²) in [6.45, 7) is 2.38. The van der Waals surface area contributed by atoms with Crippen LogP contribution in [-0.4, -0.2) is 22.7 Å². The minimum Gasteiger partial charge on any atom is -0.358 e. The van der Waals surface area contributed by atoms with E-state index in [4.69, 9.17) is 0 Å². The number of nitrogens with zero attached hydrogens (tertiary/aromatic N) is 3. The molecule has 0 saturated carbocycles. The van der Waals surface area contributed by atoms with Gasteiger partial charge >= 0.3 is 16.5 Å². The predicted molar refractivity (Wildman–Crippen MR) is 116 cm³/mol. The van der Waals surface area contributed by atoms with Gasteiger partial charge in [0.05, 0.1) is 29.4 Å². The molecule has 30 heavy (non-hydrogen) atoms. The van der Waals surface area contributed by atoms with Crippen molar-refractivity contribution in [1.82, 2.24) is 14.3 Å². The standard InChI is InChI=1S/C21H21N3O2S.2CH3.Ni/c1-16-8-12-21(13-9-16)27(25,26)24-14-19-6-2-4-17(22-19)10-11-18-5-3-7-20(15-24)23-18;;;/h2-9,12-13H,10-11,14-15H2,1H3;2*1H3;/q;2*-1;+2. The first-order valence-corrected chi connectivity index (χ1v) is 10.4. The number of fused-ring (bicyclic) bond motifs is 4. The molecule has 4 bridgehead atoms. The van der Waals surface area contributed by atoms with Crippen LogP contribution >= 0.6 is 0 Å². The third-order valence-corrected chi connectivity index (χ3v) is 6.51. The van der Waals surface area contributed by atoms with Gasteiger partial charge in [-0.05, 0) is 56.2 Å². The van der Waals surface area contributed by atoms with Crippen LogP contribution in [0.5, 0.6) is 0 Å². The average molecular weight is 468 g/mol. The first kappa shape index (κ1) is 26.0. The third-order valence-electron chi connectivity index (χ3n) is 4.70. The van der Waals surface area contributed by atoms with Crippen LogP contribution in [-0.2, 0) is 52.4 Å². The Balaban J connectivity index is 0.00000150. The Labute approximate surface area is 190 Å². The van der Waals surface area contributed by atoms with E-state index in [1.807, 2.05) is 55.5 Å². The molecule has 3 heterocycles. The van der Waals surface area contributed by atoms with E-state index in [1.165, 1.54) is 4.31 Å². The summed E-state index contributed by atoms with van der Waals surface area (Å²) in [5, 5.41) is 0. The molecular formula is C23H27N3NiO2S. The van der Waals surface area contributed by atoms with E-state index in [2.05, 4.69) is 9.97 Å². The second-order valence-corrected chi connectivity index (χ2v) is 8.76. The Morgan fingerprint density at radius 1 is 0.733 bits per heavy atom. The second-order valence-electron chi connectivity index (χ2n) is 6.83. The molecule has 0 atom stereocenters. The molecule has 3 aromatic rings. The minimum atomic E-state index is -3.67. The van der Waals surface area contributed by atoms with E-state index in [0.717, 1.165) is 41.2 Å². The SMILES string of the molecule is Cc1ccc(S(=O)(=O)N2Cc3cccc(n3)CCc3cccc(n3)C2)cc1.[CH3-].[CH3-].[Ni+2]. The molecule has 1 aromatic carbocycles. The summed E-state index contributed by atoms with van der Waals surface area (Å²) >= 11 is 0. The molecule has 0 radical (unpaired) electrons. The van der Waals surface area contributed by atoms with Crippen LogP contribution in [0, 0.1) is 21.8 Å². The molecule has 0 unspecified atom stereocenters. The maximum Gasteiger partial charge on any atom is 2.00 e. The average Bonchev–Trinajstić information content (AvgIpc) is 2.68. The first-order valence-electron chi connectivity index (χ1n) is 8.97. The van der Waals surface area contributed by atoms with Gasteiger partial charge in [0.15, 0.2) is 0 Å². The quantitative estimate of drug-likeness (QED) is 0.419. The molecule has 0 aliphatic carbocycles. The molecule has 0 amide bonds. The van der Waals surface area contributed by atoms with Crippen LogP contribution in [0.3, 0.4) is 0 Å². The summed E-state index contributed by atoms with van der Waals surface area (Å²) in [6.07, 6.45) is 1.57. The van der Waals surface area contributed by atoms with Gasteiger partial charge in [-0.1, -0.05) is 29.8 Å². The van der Waals surface area contributed by atoms with Crippen molar-refractivity contribution < 1.29 is 24.9 Å². The summed E-state index contributed by atoms with van der Waals surface area (Å²) < 4.78 is 28.1.